The predicted octanol–water partition coefficient (Wildman–Crippen LogP) is 8.84. The molecule has 0 spiro atoms. The van der Waals surface area contributed by atoms with Gasteiger partial charge >= 0.3 is 0 Å². The van der Waals surface area contributed by atoms with Gasteiger partial charge in [0.2, 0.25) is 11.4 Å². The summed E-state index contributed by atoms with van der Waals surface area (Å²) < 4.78 is 35.5. The Morgan fingerprint density at radius 2 is 1.53 bits per heavy atom. The van der Waals surface area contributed by atoms with Crippen LogP contribution in [0.2, 0.25) is 0 Å². The van der Waals surface area contributed by atoms with Crippen molar-refractivity contribution in [3.05, 3.63) is 151 Å². The van der Waals surface area contributed by atoms with Crippen molar-refractivity contribution in [2.45, 2.75) is 32.2 Å². The zero-order chi connectivity index (χ0) is 29.5. The van der Waals surface area contributed by atoms with Crippen LogP contribution in [0.15, 0.2) is 133 Å². The summed E-state index contributed by atoms with van der Waals surface area (Å²) in [7, 11) is 0. The molecule has 212 valence electrons. The first-order chi connectivity index (χ1) is 21.0. The molecule has 43 heavy (non-hydrogen) atoms. The minimum absolute atomic E-state index is 0.0837. The Morgan fingerprint density at radius 1 is 0.814 bits per heavy atom. The first-order valence-corrected chi connectivity index (χ1v) is 14.8. The van der Waals surface area contributed by atoms with Crippen molar-refractivity contribution < 1.29 is 17.9 Å². The molecule has 2 aliphatic heterocycles. The van der Waals surface area contributed by atoms with Crippen LogP contribution in [0.4, 0.5) is 20.2 Å². The van der Waals surface area contributed by atoms with Crippen LogP contribution in [0.5, 0.6) is 0 Å². The Morgan fingerprint density at radius 3 is 2.33 bits per heavy atom. The number of halogens is 2. The van der Waals surface area contributed by atoms with Crippen molar-refractivity contribution in [3.63, 3.8) is 0 Å². The Bertz CT molecular complexity index is 1930. The fourth-order valence-corrected chi connectivity index (χ4v) is 6.82. The highest BCUT2D eigenvalue weighted by Gasteiger charge is 2.43. The summed E-state index contributed by atoms with van der Waals surface area (Å²) in [5, 5.41) is 1.99. The fourth-order valence-electron chi connectivity index (χ4n) is 6.82. The van der Waals surface area contributed by atoms with Crippen LogP contribution in [0.1, 0.15) is 37.8 Å². The van der Waals surface area contributed by atoms with E-state index in [-0.39, 0.29) is 12.0 Å². The van der Waals surface area contributed by atoms with Gasteiger partial charge in [-0.05, 0) is 48.2 Å². The van der Waals surface area contributed by atoms with E-state index in [2.05, 4.69) is 82.8 Å². The molecule has 0 saturated carbocycles. The number of hydrogen-bond acceptors (Lipinski definition) is 1. The van der Waals surface area contributed by atoms with Crippen LogP contribution in [-0.2, 0) is 0 Å². The third-order valence-corrected chi connectivity index (χ3v) is 8.77. The lowest BCUT2D eigenvalue weighted by Gasteiger charge is -2.35. The molecule has 0 amide bonds. The van der Waals surface area contributed by atoms with Crippen molar-refractivity contribution in [2.75, 3.05) is 11.4 Å². The van der Waals surface area contributed by atoms with Crippen molar-refractivity contribution in [3.8, 4) is 11.3 Å². The molecule has 5 aromatic rings. The summed E-state index contributed by atoms with van der Waals surface area (Å²) in [4.78, 5) is 2.29. The van der Waals surface area contributed by atoms with Crippen LogP contribution in [0.25, 0.3) is 22.0 Å². The highest BCUT2D eigenvalue weighted by Crippen LogP contribution is 2.45. The highest BCUT2D eigenvalue weighted by atomic mass is 19.1. The Labute approximate surface area is 251 Å². The molecule has 2 unspecified atom stereocenters. The number of fused-ring (bicyclic) bond motifs is 8. The molecular weight excluding hydrogens is 536 g/mol. The molecule has 0 bridgehead atoms. The monoisotopic (exact) mass is 569 g/mol. The quantitative estimate of drug-likeness (QED) is 0.193. The van der Waals surface area contributed by atoms with E-state index in [9.17, 15) is 0 Å². The van der Waals surface area contributed by atoms with Gasteiger partial charge in [0.15, 0.2) is 24.2 Å². The minimum Gasteiger partial charge on any atom is -0.344 e. The topological polar surface area (TPSA) is 10.1 Å². The second-order valence-electron chi connectivity index (χ2n) is 11.4. The maximum atomic E-state index is 16.0. The number of hydrogen-bond donors (Lipinski definition) is 0. The van der Waals surface area contributed by atoms with Gasteiger partial charge < -0.3 is 4.90 Å². The van der Waals surface area contributed by atoms with Gasteiger partial charge in [0.25, 0.3) is 0 Å². The van der Waals surface area contributed by atoms with Crippen LogP contribution in [-0.4, -0.2) is 16.8 Å². The summed E-state index contributed by atoms with van der Waals surface area (Å²) >= 11 is 0. The molecule has 2 atom stereocenters. The van der Waals surface area contributed by atoms with Gasteiger partial charge in [-0.15, -0.1) is 0 Å². The molecule has 0 aliphatic carbocycles. The minimum atomic E-state index is -0.550. The molecule has 4 aromatic carbocycles. The van der Waals surface area contributed by atoms with Gasteiger partial charge in [0, 0.05) is 61.6 Å². The average molecular weight is 570 g/mol. The van der Waals surface area contributed by atoms with Gasteiger partial charge in [0.05, 0.1) is 16.9 Å². The van der Waals surface area contributed by atoms with Crippen LogP contribution in [0, 0.1) is 11.6 Å². The molecule has 0 N–H and O–H groups in total. The normalized spacial score (nSPS) is 22.0. The third-order valence-electron chi connectivity index (χ3n) is 8.77. The molecule has 3 nitrogen and oxygen atoms in total. The van der Waals surface area contributed by atoms with Crippen LogP contribution < -0.4 is 9.47 Å². The van der Waals surface area contributed by atoms with Crippen molar-refractivity contribution in [1.82, 2.24) is 0 Å². The number of pyridine rings is 1. The molecule has 1 aromatic heterocycles. The summed E-state index contributed by atoms with van der Waals surface area (Å²) in [5.41, 5.74) is 6.22. The lowest BCUT2D eigenvalue weighted by molar-refractivity contribution is -0.716. The van der Waals surface area contributed by atoms with Gasteiger partial charge in [-0.2, -0.15) is 9.14 Å². The second-order valence-corrected chi connectivity index (χ2v) is 11.4. The lowest BCUT2D eigenvalue weighted by Crippen LogP contribution is -2.50. The second kappa shape index (κ2) is 11.1. The summed E-state index contributed by atoms with van der Waals surface area (Å²) in [6, 6.07) is 33.2. The van der Waals surface area contributed by atoms with Gasteiger partial charge in [0.1, 0.15) is 11.6 Å². The number of aromatic nitrogens is 1. The van der Waals surface area contributed by atoms with Crippen molar-refractivity contribution in [2.24, 2.45) is 0 Å². The number of rotatable bonds is 2. The SMILES string of the molecule is C/C1=C/C(C)=[N+](c2ccccc2)\C=C\CC2C(CN1c1ccccc1)c1cc(F)cc(F)c1-c1c3ccccc3cc[n+]12. The first kappa shape index (κ1) is 27.0. The van der Waals surface area contributed by atoms with E-state index in [4.69, 9.17) is 0 Å². The average Bonchev–Trinajstić information content (AvgIpc) is 3.04. The molecule has 2 aliphatic rings. The number of para-hydroxylation sites is 2. The van der Waals surface area contributed by atoms with E-state index in [1.165, 1.54) is 0 Å². The maximum absolute atomic E-state index is 16.0. The third kappa shape index (κ3) is 4.85. The predicted molar refractivity (Wildman–Crippen MR) is 170 cm³/mol. The first-order valence-electron chi connectivity index (χ1n) is 14.8. The van der Waals surface area contributed by atoms with Gasteiger partial charge in [-0.3, -0.25) is 0 Å². The molecule has 7 rings (SSSR count). The highest BCUT2D eigenvalue weighted by molar-refractivity contribution is 5.94. The van der Waals surface area contributed by atoms with E-state index in [1.54, 1.807) is 6.07 Å². The van der Waals surface area contributed by atoms with Crippen LogP contribution >= 0.6 is 0 Å². The fraction of sp³-hybridized carbons (Fsp3) is 0.158. The van der Waals surface area contributed by atoms with Gasteiger partial charge in [-0.1, -0.05) is 54.6 Å². The van der Waals surface area contributed by atoms with Crippen LogP contribution in [0.3, 0.4) is 0 Å². The Hall–Kier alpha value is -4.90. The Kier molecular flexibility index (Phi) is 6.94. The Balaban J connectivity index is 1.50. The van der Waals surface area contributed by atoms with Crippen molar-refractivity contribution >= 4 is 27.9 Å². The summed E-state index contributed by atoms with van der Waals surface area (Å²) in [6.45, 7) is 4.78. The zero-order valence-corrected chi connectivity index (χ0v) is 24.3. The number of allylic oxidation sites excluding steroid dienone is 3. The van der Waals surface area contributed by atoms with Gasteiger partial charge in [-0.25, -0.2) is 8.78 Å². The lowest BCUT2D eigenvalue weighted by atomic mass is 9.79. The maximum Gasteiger partial charge on any atom is 0.223 e. The number of anilines is 1. The standard InChI is InChI=1S/C38H33F2N3/c1-26-22-27(2)43(31-15-7-4-8-16-31)25-34-33-23-29(39)24-35(40)37(33)38-32-17-10-9-12-28(32)19-21-42(38)36(34)18-11-20-41(26)30-13-5-3-6-14-30/h3-17,19-24,34,36H,18,25H2,1-2H3/q+2/b20-11+. The number of benzene rings is 4. The van der Waals surface area contributed by atoms with E-state index in [1.807, 2.05) is 60.7 Å². The summed E-state index contributed by atoms with van der Waals surface area (Å²) in [5.74, 6) is -1.27. The van der Waals surface area contributed by atoms with E-state index < -0.39 is 11.6 Å². The van der Waals surface area contributed by atoms with E-state index >= 15 is 8.78 Å². The van der Waals surface area contributed by atoms with E-state index in [0.29, 0.717) is 24.1 Å². The van der Waals surface area contributed by atoms with Crippen molar-refractivity contribution in [1.29, 1.82) is 0 Å². The molecule has 3 heterocycles. The molecule has 0 radical (unpaired) electrons. The zero-order valence-electron chi connectivity index (χ0n) is 24.3. The molecule has 0 saturated heterocycles. The molecule has 0 fully saturated rings. The number of nitrogens with zero attached hydrogens (tertiary/aromatic N) is 3. The molecule has 5 heteroatoms. The smallest absolute Gasteiger partial charge is 0.223 e. The largest absolute Gasteiger partial charge is 0.344 e. The van der Waals surface area contributed by atoms with E-state index in [0.717, 1.165) is 45.3 Å². The molecular formula is C38H33F2N3+2. The summed E-state index contributed by atoms with van der Waals surface area (Å²) in [6.07, 6.45) is 9.27.